The molecule has 2 nitrogen and oxygen atoms in total. The van der Waals surface area contributed by atoms with E-state index in [0.29, 0.717) is 5.56 Å². The van der Waals surface area contributed by atoms with E-state index in [1.165, 1.54) is 12.1 Å². The van der Waals surface area contributed by atoms with Gasteiger partial charge in [0.05, 0.1) is 5.54 Å². The van der Waals surface area contributed by atoms with Crippen LogP contribution >= 0.6 is 0 Å². The maximum atomic E-state index is 13.0. The van der Waals surface area contributed by atoms with Gasteiger partial charge in [0.15, 0.2) is 11.6 Å². The predicted molar refractivity (Wildman–Crippen MR) is 55.6 cm³/mol. The Hall–Kier alpha value is -1.71. The zero-order chi connectivity index (χ0) is 11.8. The highest BCUT2D eigenvalue weighted by Crippen LogP contribution is 2.45. The van der Waals surface area contributed by atoms with Crippen molar-refractivity contribution in [2.24, 2.45) is 0 Å². The fourth-order valence-electron chi connectivity index (χ4n) is 1.69. The summed E-state index contributed by atoms with van der Waals surface area (Å²) in [6, 6.07) is 3.70. The lowest BCUT2D eigenvalue weighted by Gasteiger charge is -2.16. The molecule has 2 rings (SSSR count). The minimum atomic E-state index is -0.892. The molecule has 1 aromatic rings. The summed E-state index contributed by atoms with van der Waals surface area (Å²) in [5, 5.41) is 2.73. The summed E-state index contributed by atoms with van der Waals surface area (Å²) in [5.41, 5.74) is 0.0707. The second-order valence-corrected chi connectivity index (χ2v) is 3.90. The number of nitrogens with one attached hydrogen (secondary N) is 1. The second kappa shape index (κ2) is 3.70. The van der Waals surface area contributed by atoms with E-state index in [1.807, 2.05) is 0 Å². The van der Waals surface area contributed by atoms with Crippen molar-refractivity contribution < 1.29 is 13.6 Å². The number of benzene rings is 1. The molecule has 0 bridgehead atoms. The summed E-state index contributed by atoms with van der Waals surface area (Å²) in [4.78, 5) is 11.2. The smallest absolute Gasteiger partial charge is 0.244 e. The van der Waals surface area contributed by atoms with Crippen LogP contribution in [0.2, 0.25) is 0 Å². The molecule has 84 valence electrons. The number of carbonyl (C=O) groups excluding carboxylic acids is 1. The standard InChI is InChI=1S/C12H11F2NO/c1-2-11(16)15-12(5-6-12)8-3-4-9(13)10(14)7-8/h2-4,7H,1,5-6H2,(H,15,16). The molecule has 0 heterocycles. The van der Waals surface area contributed by atoms with Gasteiger partial charge in [-0.1, -0.05) is 12.6 Å². The van der Waals surface area contributed by atoms with Crippen molar-refractivity contribution in [2.45, 2.75) is 18.4 Å². The van der Waals surface area contributed by atoms with E-state index in [4.69, 9.17) is 0 Å². The van der Waals surface area contributed by atoms with Crippen molar-refractivity contribution in [3.8, 4) is 0 Å². The highest BCUT2D eigenvalue weighted by Gasteiger charge is 2.45. The van der Waals surface area contributed by atoms with Crippen molar-refractivity contribution >= 4 is 5.91 Å². The highest BCUT2D eigenvalue weighted by molar-refractivity contribution is 5.88. The SMILES string of the molecule is C=CC(=O)NC1(c2ccc(F)c(F)c2)CC1. The van der Waals surface area contributed by atoms with Crippen LogP contribution in [-0.2, 0) is 10.3 Å². The highest BCUT2D eigenvalue weighted by atomic mass is 19.2. The molecule has 1 saturated carbocycles. The molecule has 4 heteroatoms. The lowest BCUT2D eigenvalue weighted by Crippen LogP contribution is -2.33. The van der Waals surface area contributed by atoms with Crippen LogP contribution in [0.25, 0.3) is 0 Å². The maximum Gasteiger partial charge on any atom is 0.244 e. The van der Waals surface area contributed by atoms with Gasteiger partial charge in [-0.3, -0.25) is 4.79 Å². The summed E-state index contributed by atoms with van der Waals surface area (Å²) >= 11 is 0. The normalized spacial score (nSPS) is 16.6. The van der Waals surface area contributed by atoms with Gasteiger partial charge in [0, 0.05) is 0 Å². The van der Waals surface area contributed by atoms with Crippen molar-refractivity contribution in [1.82, 2.24) is 5.32 Å². The van der Waals surface area contributed by atoms with Gasteiger partial charge in [-0.2, -0.15) is 0 Å². The molecule has 0 aliphatic heterocycles. The summed E-state index contributed by atoms with van der Waals surface area (Å²) in [7, 11) is 0. The zero-order valence-electron chi connectivity index (χ0n) is 8.59. The summed E-state index contributed by atoms with van der Waals surface area (Å²) in [6.07, 6.45) is 2.63. The van der Waals surface area contributed by atoms with Crippen molar-refractivity contribution in [3.63, 3.8) is 0 Å². The molecule has 16 heavy (non-hydrogen) atoms. The molecule has 0 radical (unpaired) electrons. The first-order chi connectivity index (χ1) is 7.57. The molecule has 1 fully saturated rings. The lowest BCUT2D eigenvalue weighted by atomic mass is 10.0. The van der Waals surface area contributed by atoms with Gasteiger partial charge >= 0.3 is 0 Å². The summed E-state index contributed by atoms with van der Waals surface area (Å²) < 4.78 is 25.8. The van der Waals surface area contributed by atoms with E-state index in [0.717, 1.165) is 25.0 Å². The molecule has 0 saturated heterocycles. The molecule has 1 aromatic carbocycles. The Bertz CT molecular complexity index is 452. The summed E-state index contributed by atoms with van der Waals surface area (Å²) in [6.45, 7) is 3.35. The van der Waals surface area contributed by atoms with Crippen LogP contribution in [0.1, 0.15) is 18.4 Å². The fraction of sp³-hybridized carbons (Fsp3) is 0.250. The quantitative estimate of drug-likeness (QED) is 0.782. The Morgan fingerprint density at radius 2 is 2.06 bits per heavy atom. The molecular weight excluding hydrogens is 212 g/mol. The minimum absolute atomic E-state index is 0.303. The van der Waals surface area contributed by atoms with E-state index in [9.17, 15) is 13.6 Å². The van der Waals surface area contributed by atoms with Crippen LogP contribution in [0.3, 0.4) is 0 Å². The number of amides is 1. The maximum absolute atomic E-state index is 13.0. The second-order valence-electron chi connectivity index (χ2n) is 3.90. The fourth-order valence-corrected chi connectivity index (χ4v) is 1.69. The van der Waals surface area contributed by atoms with E-state index in [1.54, 1.807) is 0 Å². The van der Waals surface area contributed by atoms with Gasteiger partial charge < -0.3 is 5.32 Å². The molecule has 0 unspecified atom stereocenters. The van der Waals surface area contributed by atoms with E-state index in [-0.39, 0.29) is 5.91 Å². The van der Waals surface area contributed by atoms with Crippen LogP contribution in [0, 0.1) is 11.6 Å². The molecule has 0 aromatic heterocycles. The third-order valence-electron chi connectivity index (χ3n) is 2.77. The van der Waals surface area contributed by atoms with Gasteiger partial charge in [0.25, 0.3) is 0 Å². The number of halogens is 2. The third kappa shape index (κ3) is 1.83. The zero-order valence-corrected chi connectivity index (χ0v) is 8.59. The number of hydrogen-bond acceptors (Lipinski definition) is 1. The average Bonchev–Trinajstić information content (AvgIpc) is 3.03. The van der Waals surface area contributed by atoms with Crippen molar-refractivity contribution in [2.75, 3.05) is 0 Å². The van der Waals surface area contributed by atoms with Crippen LogP contribution in [-0.4, -0.2) is 5.91 Å². The molecule has 1 amide bonds. The van der Waals surface area contributed by atoms with E-state index < -0.39 is 17.2 Å². The molecular formula is C12H11F2NO. The molecule has 1 aliphatic rings. The van der Waals surface area contributed by atoms with Crippen LogP contribution in [0.15, 0.2) is 30.9 Å². The minimum Gasteiger partial charge on any atom is -0.343 e. The van der Waals surface area contributed by atoms with Crippen LogP contribution < -0.4 is 5.32 Å². The van der Waals surface area contributed by atoms with Crippen molar-refractivity contribution in [3.05, 3.63) is 48.1 Å². The van der Waals surface area contributed by atoms with Gasteiger partial charge in [-0.05, 0) is 36.6 Å². The molecule has 1 aliphatic carbocycles. The predicted octanol–water partition coefficient (Wildman–Crippen LogP) is 2.26. The Labute approximate surface area is 92.0 Å². The first kappa shape index (κ1) is 10.8. The van der Waals surface area contributed by atoms with E-state index >= 15 is 0 Å². The number of carbonyl (C=O) groups is 1. The number of hydrogen-bond donors (Lipinski definition) is 1. The Kier molecular flexibility index (Phi) is 2.50. The monoisotopic (exact) mass is 223 g/mol. The largest absolute Gasteiger partial charge is 0.343 e. The first-order valence-corrected chi connectivity index (χ1v) is 4.97. The van der Waals surface area contributed by atoms with Crippen LogP contribution in [0.4, 0.5) is 8.78 Å². The first-order valence-electron chi connectivity index (χ1n) is 4.97. The summed E-state index contributed by atoms with van der Waals surface area (Å²) in [5.74, 6) is -2.08. The Morgan fingerprint density at radius 3 is 2.56 bits per heavy atom. The Balaban J connectivity index is 2.26. The molecule has 1 N–H and O–H groups in total. The van der Waals surface area contributed by atoms with Crippen LogP contribution in [0.5, 0.6) is 0 Å². The van der Waals surface area contributed by atoms with Gasteiger partial charge in [-0.15, -0.1) is 0 Å². The Morgan fingerprint density at radius 1 is 1.38 bits per heavy atom. The average molecular weight is 223 g/mol. The van der Waals surface area contributed by atoms with Crippen molar-refractivity contribution in [1.29, 1.82) is 0 Å². The van der Waals surface area contributed by atoms with Gasteiger partial charge in [0.2, 0.25) is 5.91 Å². The molecule has 0 spiro atoms. The third-order valence-corrected chi connectivity index (χ3v) is 2.77. The van der Waals surface area contributed by atoms with Gasteiger partial charge in [-0.25, -0.2) is 8.78 Å². The topological polar surface area (TPSA) is 29.1 Å². The lowest BCUT2D eigenvalue weighted by molar-refractivity contribution is -0.117. The number of rotatable bonds is 3. The van der Waals surface area contributed by atoms with E-state index in [2.05, 4.69) is 11.9 Å². The van der Waals surface area contributed by atoms with Gasteiger partial charge in [0.1, 0.15) is 0 Å². The molecule has 0 atom stereocenters.